The summed E-state index contributed by atoms with van der Waals surface area (Å²) in [6.07, 6.45) is -3.67. The first-order chi connectivity index (χ1) is 11.7. The van der Waals surface area contributed by atoms with Crippen LogP contribution in [0.15, 0.2) is 24.3 Å². The number of nitrogens with zero attached hydrogens (tertiary/aromatic N) is 2. The maximum absolute atomic E-state index is 12.8. The van der Waals surface area contributed by atoms with Crippen LogP contribution in [-0.2, 0) is 6.18 Å². The van der Waals surface area contributed by atoms with Crippen LogP contribution in [0.1, 0.15) is 35.2 Å². The molecule has 0 fully saturated rings. The van der Waals surface area contributed by atoms with Gasteiger partial charge in [0.1, 0.15) is 17.3 Å². The van der Waals surface area contributed by atoms with E-state index in [0.717, 1.165) is 24.6 Å². The topological polar surface area (TPSA) is 66.9 Å². The van der Waals surface area contributed by atoms with E-state index < -0.39 is 17.6 Å². The SMILES string of the molecule is CCCNc1cc(C(=O)Nc2cc(C(F)(F)F)ccc2Cl)nc(C)n1. The summed E-state index contributed by atoms with van der Waals surface area (Å²) >= 11 is 5.88. The standard InChI is InChI=1S/C16H16ClF3N4O/c1-3-6-21-14-8-13(22-9(2)23-14)15(25)24-12-7-10(16(18,19)20)4-5-11(12)17/h4-5,7-8H,3,6H2,1-2H3,(H,24,25)(H,21,22,23). The Kier molecular flexibility index (Phi) is 5.84. The molecule has 0 aliphatic rings. The summed E-state index contributed by atoms with van der Waals surface area (Å²) in [5.41, 5.74) is -1.02. The van der Waals surface area contributed by atoms with E-state index in [2.05, 4.69) is 20.6 Å². The maximum atomic E-state index is 12.8. The van der Waals surface area contributed by atoms with Crippen LogP contribution in [0.25, 0.3) is 0 Å². The Morgan fingerprint density at radius 3 is 2.60 bits per heavy atom. The summed E-state index contributed by atoms with van der Waals surface area (Å²) in [7, 11) is 0. The van der Waals surface area contributed by atoms with Crippen molar-refractivity contribution in [1.82, 2.24) is 9.97 Å². The number of alkyl halides is 3. The van der Waals surface area contributed by atoms with Gasteiger partial charge in [0, 0.05) is 12.6 Å². The minimum Gasteiger partial charge on any atom is -0.370 e. The maximum Gasteiger partial charge on any atom is 0.416 e. The number of carbonyl (C=O) groups excluding carboxylic acids is 1. The quantitative estimate of drug-likeness (QED) is 0.809. The number of halogens is 4. The van der Waals surface area contributed by atoms with Crippen molar-refractivity contribution < 1.29 is 18.0 Å². The molecule has 1 heterocycles. The Morgan fingerprint density at radius 2 is 1.96 bits per heavy atom. The van der Waals surface area contributed by atoms with Crippen molar-refractivity contribution in [1.29, 1.82) is 0 Å². The van der Waals surface area contributed by atoms with E-state index in [1.807, 2.05) is 6.92 Å². The second-order valence-corrected chi connectivity index (χ2v) is 5.67. The largest absolute Gasteiger partial charge is 0.416 e. The summed E-state index contributed by atoms with van der Waals surface area (Å²) in [4.78, 5) is 20.5. The summed E-state index contributed by atoms with van der Waals surface area (Å²) in [5, 5.41) is 5.39. The van der Waals surface area contributed by atoms with Crippen molar-refractivity contribution in [2.45, 2.75) is 26.4 Å². The van der Waals surface area contributed by atoms with Gasteiger partial charge in [-0.1, -0.05) is 18.5 Å². The Labute approximate surface area is 147 Å². The van der Waals surface area contributed by atoms with Crippen molar-refractivity contribution in [3.05, 3.63) is 46.4 Å². The third-order valence-corrected chi connectivity index (χ3v) is 3.50. The minimum atomic E-state index is -4.53. The van der Waals surface area contributed by atoms with Gasteiger partial charge in [-0.3, -0.25) is 4.79 Å². The van der Waals surface area contributed by atoms with E-state index in [9.17, 15) is 18.0 Å². The van der Waals surface area contributed by atoms with Crippen LogP contribution in [0.2, 0.25) is 5.02 Å². The second-order valence-electron chi connectivity index (χ2n) is 5.26. The predicted molar refractivity (Wildman–Crippen MR) is 90.0 cm³/mol. The molecule has 1 aromatic carbocycles. The number of rotatable bonds is 5. The molecule has 2 N–H and O–H groups in total. The number of hydrogen-bond acceptors (Lipinski definition) is 4. The van der Waals surface area contributed by atoms with Gasteiger partial charge < -0.3 is 10.6 Å². The molecule has 0 aliphatic carbocycles. The molecule has 134 valence electrons. The van der Waals surface area contributed by atoms with Crippen LogP contribution in [0.4, 0.5) is 24.7 Å². The smallest absolute Gasteiger partial charge is 0.370 e. The predicted octanol–water partition coefficient (Wildman–Crippen LogP) is 4.53. The van der Waals surface area contributed by atoms with E-state index in [4.69, 9.17) is 11.6 Å². The lowest BCUT2D eigenvalue weighted by atomic mass is 10.2. The van der Waals surface area contributed by atoms with Crippen LogP contribution >= 0.6 is 11.6 Å². The van der Waals surface area contributed by atoms with Gasteiger partial charge in [-0.05, 0) is 31.5 Å². The molecule has 0 aliphatic heterocycles. The highest BCUT2D eigenvalue weighted by atomic mass is 35.5. The highest BCUT2D eigenvalue weighted by molar-refractivity contribution is 6.33. The molecule has 0 radical (unpaired) electrons. The summed E-state index contributed by atoms with van der Waals surface area (Å²) in [6, 6.07) is 4.14. The van der Waals surface area contributed by atoms with E-state index in [1.54, 1.807) is 6.92 Å². The van der Waals surface area contributed by atoms with Gasteiger partial charge in [0.2, 0.25) is 0 Å². The van der Waals surface area contributed by atoms with Crippen molar-refractivity contribution >= 4 is 29.0 Å². The van der Waals surface area contributed by atoms with Gasteiger partial charge in [-0.2, -0.15) is 13.2 Å². The van der Waals surface area contributed by atoms with Crippen molar-refractivity contribution in [3.8, 4) is 0 Å². The molecule has 0 bridgehead atoms. The third kappa shape index (κ3) is 5.06. The normalized spacial score (nSPS) is 11.3. The van der Waals surface area contributed by atoms with Gasteiger partial charge in [0.25, 0.3) is 5.91 Å². The zero-order chi connectivity index (χ0) is 18.6. The van der Waals surface area contributed by atoms with Gasteiger partial charge in [-0.25, -0.2) is 9.97 Å². The molecule has 0 saturated heterocycles. The first kappa shape index (κ1) is 19.0. The molecule has 25 heavy (non-hydrogen) atoms. The van der Waals surface area contributed by atoms with Gasteiger partial charge in [-0.15, -0.1) is 0 Å². The number of amides is 1. The average molecular weight is 373 g/mol. The molecule has 5 nitrogen and oxygen atoms in total. The number of aromatic nitrogens is 2. The summed E-state index contributed by atoms with van der Waals surface area (Å²) in [5.74, 6) is 0.155. The van der Waals surface area contributed by atoms with Crippen LogP contribution in [0.3, 0.4) is 0 Å². The van der Waals surface area contributed by atoms with Crippen molar-refractivity contribution in [2.24, 2.45) is 0 Å². The third-order valence-electron chi connectivity index (χ3n) is 3.17. The Bertz CT molecular complexity index is 780. The molecule has 2 rings (SSSR count). The summed E-state index contributed by atoms with van der Waals surface area (Å²) < 4.78 is 38.4. The van der Waals surface area contributed by atoms with Crippen molar-refractivity contribution in [3.63, 3.8) is 0 Å². The fourth-order valence-corrected chi connectivity index (χ4v) is 2.18. The Hall–Kier alpha value is -2.35. The molecule has 2 aromatic rings. The van der Waals surface area contributed by atoms with Crippen LogP contribution in [0.5, 0.6) is 0 Å². The lowest BCUT2D eigenvalue weighted by Gasteiger charge is -2.12. The highest BCUT2D eigenvalue weighted by Crippen LogP contribution is 2.33. The van der Waals surface area contributed by atoms with E-state index in [1.165, 1.54) is 6.07 Å². The number of carbonyl (C=O) groups is 1. The number of anilines is 2. The van der Waals surface area contributed by atoms with Crippen molar-refractivity contribution in [2.75, 3.05) is 17.2 Å². The van der Waals surface area contributed by atoms with Crippen LogP contribution < -0.4 is 10.6 Å². The number of benzene rings is 1. The Morgan fingerprint density at radius 1 is 1.24 bits per heavy atom. The molecule has 0 spiro atoms. The van der Waals surface area contributed by atoms with Gasteiger partial charge in [0.05, 0.1) is 16.3 Å². The van der Waals surface area contributed by atoms with Crippen LogP contribution in [0, 0.1) is 6.92 Å². The van der Waals surface area contributed by atoms with Gasteiger partial charge in [0.15, 0.2) is 0 Å². The summed E-state index contributed by atoms with van der Waals surface area (Å²) in [6.45, 7) is 4.26. The minimum absolute atomic E-state index is 0.00328. The highest BCUT2D eigenvalue weighted by Gasteiger charge is 2.31. The Balaban J connectivity index is 2.26. The molecule has 0 saturated carbocycles. The fraction of sp³-hybridized carbons (Fsp3) is 0.312. The molecule has 0 unspecified atom stereocenters. The van der Waals surface area contributed by atoms with E-state index in [0.29, 0.717) is 18.2 Å². The molecule has 1 amide bonds. The lowest BCUT2D eigenvalue weighted by molar-refractivity contribution is -0.137. The molecule has 0 atom stereocenters. The van der Waals surface area contributed by atoms with Crippen LogP contribution in [-0.4, -0.2) is 22.4 Å². The van der Waals surface area contributed by atoms with Gasteiger partial charge >= 0.3 is 6.18 Å². The molecular formula is C16H16ClF3N4O. The number of hydrogen-bond donors (Lipinski definition) is 2. The molecule has 9 heteroatoms. The molecule has 1 aromatic heterocycles. The molecular weight excluding hydrogens is 357 g/mol. The zero-order valence-corrected chi connectivity index (χ0v) is 14.3. The first-order valence-electron chi connectivity index (χ1n) is 7.48. The number of aryl methyl sites for hydroxylation is 1. The monoisotopic (exact) mass is 372 g/mol. The zero-order valence-electron chi connectivity index (χ0n) is 13.5. The lowest BCUT2D eigenvalue weighted by Crippen LogP contribution is -2.17. The fourth-order valence-electron chi connectivity index (χ4n) is 2.01. The van der Waals surface area contributed by atoms with E-state index in [-0.39, 0.29) is 16.4 Å². The number of nitrogens with one attached hydrogen (secondary N) is 2. The second kappa shape index (κ2) is 7.69. The average Bonchev–Trinajstić information content (AvgIpc) is 2.53. The van der Waals surface area contributed by atoms with E-state index >= 15 is 0 Å². The first-order valence-corrected chi connectivity index (χ1v) is 7.86.